The van der Waals surface area contributed by atoms with Gasteiger partial charge >= 0.3 is 0 Å². The Balaban J connectivity index is 1.42. The highest BCUT2D eigenvalue weighted by Gasteiger charge is 2.33. The Kier molecular flexibility index (Phi) is 6.44. The monoisotopic (exact) mass is 421 g/mol. The van der Waals surface area contributed by atoms with Crippen LogP contribution in [0.1, 0.15) is 36.8 Å². The van der Waals surface area contributed by atoms with E-state index in [4.69, 9.17) is 9.57 Å². The van der Waals surface area contributed by atoms with Crippen molar-refractivity contribution in [1.82, 2.24) is 4.90 Å². The van der Waals surface area contributed by atoms with E-state index in [0.717, 1.165) is 47.5 Å². The minimum Gasteiger partial charge on any atom is -0.497 e. The van der Waals surface area contributed by atoms with Gasteiger partial charge < -0.3 is 19.4 Å². The van der Waals surface area contributed by atoms with Crippen molar-refractivity contribution in [3.05, 3.63) is 59.7 Å². The molecule has 1 unspecified atom stereocenters. The standard InChI is InChI=1S/C25H31N3O3/c1-27(2)21-12-10-19(11-13-21)24-15-23(31-26-24)17-28(25(29)20-7-5-8-20)16-18-6-4-9-22(14-18)30-3/h4,6,9-14,20,23H,5,7-8,15-17H2,1-3H3. The van der Waals surface area contributed by atoms with Crippen molar-refractivity contribution < 1.29 is 14.4 Å². The molecule has 164 valence electrons. The number of oxime groups is 1. The van der Waals surface area contributed by atoms with Gasteiger partial charge in [-0.05, 0) is 48.2 Å². The number of anilines is 1. The molecule has 1 aliphatic heterocycles. The molecule has 1 aliphatic carbocycles. The summed E-state index contributed by atoms with van der Waals surface area (Å²) in [5.41, 5.74) is 4.21. The van der Waals surface area contributed by atoms with Gasteiger partial charge in [0, 0.05) is 38.7 Å². The van der Waals surface area contributed by atoms with Crippen molar-refractivity contribution in [2.24, 2.45) is 11.1 Å². The quantitative estimate of drug-likeness (QED) is 0.644. The molecular weight excluding hydrogens is 390 g/mol. The van der Waals surface area contributed by atoms with Crippen LogP contribution in [0, 0.1) is 5.92 Å². The summed E-state index contributed by atoms with van der Waals surface area (Å²) in [5, 5.41) is 4.33. The predicted molar refractivity (Wildman–Crippen MR) is 123 cm³/mol. The van der Waals surface area contributed by atoms with Crippen LogP contribution in [0.2, 0.25) is 0 Å². The number of hydrogen-bond acceptors (Lipinski definition) is 5. The van der Waals surface area contributed by atoms with E-state index in [2.05, 4.69) is 34.3 Å². The molecule has 1 fully saturated rings. The Hall–Kier alpha value is -3.02. The van der Waals surface area contributed by atoms with Crippen molar-refractivity contribution >= 4 is 17.3 Å². The lowest BCUT2D eigenvalue weighted by atomic mass is 9.84. The highest BCUT2D eigenvalue weighted by atomic mass is 16.6. The topological polar surface area (TPSA) is 54.4 Å². The molecule has 0 N–H and O–H groups in total. The summed E-state index contributed by atoms with van der Waals surface area (Å²) in [5.74, 6) is 1.17. The van der Waals surface area contributed by atoms with Gasteiger partial charge in [-0.3, -0.25) is 4.79 Å². The molecule has 0 radical (unpaired) electrons. The molecule has 2 aliphatic rings. The van der Waals surface area contributed by atoms with Gasteiger partial charge in [-0.2, -0.15) is 0 Å². The SMILES string of the molecule is COc1cccc(CN(CC2CC(c3ccc(N(C)C)cc3)=NO2)C(=O)C2CCC2)c1. The van der Waals surface area contributed by atoms with E-state index in [1.807, 2.05) is 43.3 Å². The first-order chi connectivity index (χ1) is 15.0. The minimum absolute atomic E-state index is 0.127. The first kappa shape index (κ1) is 21.2. The summed E-state index contributed by atoms with van der Waals surface area (Å²) in [6, 6.07) is 16.2. The second-order valence-corrected chi connectivity index (χ2v) is 8.61. The zero-order valence-corrected chi connectivity index (χ0v) is 18.6. The Labute approximate surface area is 184 Å². The second kappa shape index (κ2) is 9.41. The van der Waals surface area contributed by atoms with Gasteiger partial charge in [0.05, 0.1) is 19.4 Å². The van der Waals surface area contributed by atoms with Crippen LogP contribution in [-0.4, -0.2) is 50.4 Å². The predicted octanol–water partition coefficient (Wildman–Crippen LogP) is 4.08. The number of rotatable bonds is 8. The van der Waals surface area contributed by atoms with E-state index < -0.39 is 0 Å². The van der Waals surface area contributed by atoms with Gasteiger partial charge in [0.15, 0.2) is 6.10 Å². The molecule has 1 atom stereocenters. The number of amides is 1. The van der Waals surface area contributed by atoms with Gasteiger partial charge in [-0.25, -0.2) is 0 Å². The second-order valence-electron chi connectivity index (χ2n) is 8.61. The summed E-state index contributed by atoms with van der Waals surface area (Å²) in [6.07, 6.45) is 3.68. The lowest BCUT2D eigenvalue weighted by molar-refractivity contribution is -0.140. The largest absolute Gasteiger partial charge is 0.497 e. The summed E-state index contributed by atoms with van der Waals surface area (Å²) in [6.45, 7) is 1.09. The number of ether oxygens (including phenoxy) is 1. The number of carbonyl (C=O) groups excluding carboxylic acids is 1. The van der Waals surface area contributed by atoms with Crippen molar-refractivity contribution in [2.45, 2.75) is 38.3 Å². The van der Waals surface area contributed by atoms with Gasteiger partial charge in [0.1, 0.15) is 5.75 Å². The van der Waals surface area contributed by atoms with E-state index in [9.17, 15) is 4.79 Å². The van der Waals surface area contributed by atoms with Crippen LogP contribution in [0.25, 0.3) is 0 Å². The molecule has 4 rings (SSSR count). The first-order valence-corrected chi connectivity index (χ1v) is 11.0. The number of nitrogens with zero attached hydrogens (tertiary/aromatic N) is 3. The molecule has 6 heteroatoms. The Morgan fingerprint density at radius 3 is 2.58 bits per heavy atom. The zero-order valence-electron chi connectivity index (χ0n) is 18.6. The van der Waals surface area contributed by atoms with Crippen LogP contribution >= 0.6 is 0 Å². The average molecular weight is 422 g/mol. The zero-order chi connectivity index (χ0) is 21.8. The minimum atomic E-state index is -0.127. The molecule has 31 heavy (non-hydrogen) atoms. The molecular formula is C25H31N3O3. The third-order valence-electron chi connectivity index (χ3n) is 6.15. The highest BCUT2D eigenvalue weighted by Crippen LogP contribution is 2.30. The molecule has 6 nitrogen and oxygen atoms in total. The van der Waals surface area contributed by atoms with Gasteiger partial charge in [-0.15, -0.1) is 0 Å². The average Bonchev–Trinajstić information content (AvgIpc) is 3.21. The maximum absolute atomic E-state index is 13.1. The van der Waals surface area contributed by atoms with Gasteiger partial charge in [0.2, 0.25) is 5.91 Å². The van der Waals surface area contributed by atoms with Crippen LogP contribution in [0.3, 0.4) is 0 Å². The van der Waals surface area contributed by atoms with E-state index in [0.29, 0.717) is 19.5 Å². The Morgan fingerprint density at radius 2 is 1.94 bits per heavy atom. The molecule has 0 bridgehead atoms. The van der Waals surface area contributed by atoms with Crippen molar-refractivity contribution in [2.75, 3.05) is 32.6 Å². The molecule has 0 saturated heterocycles. The number of benzene rings is 2. The first-order valence-electron chi connectivity index (χ1n) is 11.0. The van der Waals surface area contributed by atoms with Crippen molar-refractivity contribution in [3.63, 3.8) is 0 Å². The lowest BCUT2D eigenvalue weighted by Gasteiger charge is -2.32. The van der Waals surface area contributed by atoms with Crippen molar-refractivity contribution in [1.29, 1.82) is 0 Å². The third kappa shape index (κ3) is 5.01. The fourth-order valence-electron chi connectivity index (χ4n) is 4.03. The van der Waals surface area contributed by atoms with Crippen LogP contribution < -0.4 is 9.64 Å². The van der Waals surface area contributed by atoms with E-state index >= 15 is 0 Å². The molecule has 2 aromatic carbocycles. The summed E-state index contributed by atoms with van der Waals surface area (Å²) < 4.78 is 5.35. The molecule has 2 aromatic rings. The van der Waals surface area contributed by atoms with Crippen molar-refractivity contribution in [3.8, 4) is 5.75 Å². The molecule has 1 amide bonds. The van der Waals surface area contributed by atoms with Crippen LogP contribution in [0.15, 0.2) is 53.7 Å². The Bertz CT molecular complexity index is 935. The number of hydrogen-bond donors (Lipinski definition) is 0. The van der Waals surface area contributed by atoms with E-state index in [1.165, 1.54) is 0 Å². The molecule has 0 aromatic heterocycles. The normalized spacial score (nSPS) is 18.0. The van der Waals surface area contributed by atoms with E-state index in [1.54, 1.807) is 7.11 Å². The maximum atomic E-state index is 13.1. The van der Waals surface area contributed by atoms with Crippen LogP contribution in [0.4, 0.5) is 5.69 Å². The Morgan fingerprint density at radius 1 is 1.16 bits per heavy atom. The molecule has 1 saturated carbocycles. The van der Waals surface area contributed by atoms with Gasteiger partial charge in [-0.1, -0.05) is 35.8 Å². The summed E-state index contributed by atoms with van der Waals surface area (Å²) in [7, 11) is 5.71. The summed E-state index contributed by atoms with van der Waals surface area (Å²) in [4.78, 5) is 22.9. The molecule has 0 spiro atoms. The lowest BCUT2D eigenvalue weighted by Crippen LogP contribution is -2.42. The van der Waals surface area contributed by atoms with Gasteiger partial charge in [0.25, 0.3) is 0 Å². The summed E-state index contributed by atoms with van der Waals surface area (Å²) >= 11 is 0. The smallest absolute Gasteiger partial charge is 0.226 e. The maximum Gasteiger partial charge on any atom is 0.226 e. The van der Waals surface area contributed by atoms with Crippen LogP contribution in [-0.2, 0) is 16.2 Å². The van der Waals surface area contributed by atoms with E-state index in [-0.39, 0.29) is 17.9 Å². The fourth-order valence-corrected chi connectivity index (χ4v) is 4.03. The van der Waals surface area contributed by atoms with Crippen LogP contribution in [0.5, 0.6) is 5.75 Å². The third-order valence-corrected chi connectivity index (χ3v) is 6.15. The fraction of sp³-hybridized carbons (Fsp3) is 0.440. The number of carbonyl (C=O) groups is 1. The molecule has 1 heterocycles. The highest BCUT2D eigenvalue weighted by molar-refractivity contribution is 6.01. The number of methoxy groups -OCH3 is 1.